The van der Waals surface area contributed by atoms with E-state index < -0.39 is 5.97 Å². The van der Waals surface area contributed by atoms with Crippen molar-refractivity contribution in [1.82, 2.24) is 4.98 Å². The van der Waals surface area contributed by atoms with Gasteiger partial charge in [0, 0.05) is 12.4 Å². The minimum absolute atomic E-state index is 0.0345. The van der Waals surface area contributed by atoms with Crippen LogP contribution < -0.4 is 0 Å². The topological polar surface area (TPSA) is 50.2 Å². The molecule has 0 aliphatic heterocycles. The van der Waals surface area contributed by atoms with E-state index in [2.05, 4.69) is 4.98 Å². The van der Waals surface area contributed by atoms with Crippen LogP contribution in [-0.2, 0) is 4.79 Å². The SMILES string of the molecule is CC1(C(C(=O)O)c2ccncc2)CC1. The highest BCUT2D eigenvalue weighted by Crippen LogP contribution is 2.55. The van der Waals surface area contributed by atoms with Gasteiger partial charge in [-0.15, -0.1) is 0 Å². The molecule has 14 heavy (non-hydrogen) atoms. The van der Waals surface area contributed by atoms with Gasteiger partial charge in [0.2, 0.25) is 0 Å². The normalized spacial score (nSPS) is 20.1. The maximum absolute atomic E-state index is 11.2. The quantitative estimate of drug-likeness (QED) is 0.795. The highest BCUT2D eigenvalue weighted by Gasteiger charge is 2.49. The molecule has 3 heteroatoms. The fourth-order valence-corrected chi connectivity index (χ4v) is 1.88. The predicted octanol–water partition coefficient (Wildman–Crippen LogP) is 2.05. The molecule has 2 rings (SSSR count). The van der Waals surface area contributed by atoms with Gasteiger partial charge in [-0.1, -0.05) is 6.92 Å². The Balaban J connectivity index is 2.33. The second-order valence-corrected chi connectivity index (χ2v) is 4.21. The van der Waals surface area contributed by atoms with Gasteiger partial charge in [0.25, 0.3) is 0 Å². The number of carboxylic acid groups (broad SMARTS) is 1. The van der Waals surface area contributed by atoms with Crippen molar-refractivity contribution in [2.75, 3.05) is 0 Å². The molecule has 1 aromatic rings. The van der Waals surface area contributed by atoms with Gasteiger partial charge in [0.1, 0.15) is 0 Å². The van der Waals surface area contributed by atoms with Crippen molar-refractivity contribution in [3.63, 3.8) is 0 Å². The zero-order valence-corrected chi connectivity index (χ0v) is 8.10. The fourth-order valence-electron chi connectivity index (χ4n) is 1.88. The first-order valence-corrected chi connectivity index (χ1v) is 4.76. The molecular formula is C11H13NO2. The number of carbonyl (C=O) groups is 1. The summed E-state index contributed by atoms with van der Waals surface area (Å²) in [6.07, 6.45) is 5.31. The van der Waals surface area contributed by atoms with Gasteiger partial charge in [-0.3, -0.25) is 9.78 Å². The Labute approximate surface area is 82.8 Å². The van der Waals surface area contributed by atoms with E-state index in [1.165, 1.54) is 0 Å². The van der Waals surface area contributed by atoms with Crippen LogP contribution in [0.2, 0.25) is 0 Å². The smallest absolute Gasteiger partial charge is 0.311 e. The number of pyridine rings is 1. The Morgan fingerprint density at radius 2 is 2.07 bits per heavy atom. The molecule has 0 amide bonds. The van der Waals surface area contributed by atoms with E-state index in [9.17, 15) is 9.90 Å². The van der Waals surface area contributed by atoms with Crippen molar-refractivity contribution in [3.8, 4) is 0 Å². The molecule has 0 saturated heterocycles. The third kappa shape index (κ3) is 1.50. The Morgan fingerprint density at radius 3 is 2.50 bits per heavy atom. The molecule has 1 aliphatic rings. The number of carboxylic acids is 1. The van der Waals surface area contributed by atoms with Gasteiger partial charge in [0.15, 0.2) is 0 Å². The number of aliphatic carboxylic acids is 1. The van der Waals surface area contributed by atoms with Crippen LogP contribution in [0.25, 0.3) is 0 Å². The first kappa shape index (κ1) is 9.19. The van der Waals surface area contributed by atoms with Crippen molar-refractivity contribution >= 4 is 5.97 Å². The molecular weight excluding hydrogens is 178 g/mol. The summed E-state index contributed by atoms with van der Waals surface area (Å²) < 4.78 is 0. The molecule has 1 aromatic heterocycles. The Bertz CT molecular complexity index is 344. The highest BCUT2D eigenvalue weighted by atomic mass is 16.4. The molecule has 3 nitrogen and oxygen atoms in total. The summed E-state index contributed by atoms with van der Waals surface area (Å²) in [5, 5.41) is 9.18. The molecule has 1 atom stereocenters. The summed E-state index contributed by atoms with van der Waals surface area (Å²) in [6, 6.07) is 3.59. The summed E-state index contributed by atoms with van der Waals surface area (Å²) in [5.74, 6) is -1.10. The maximum atomic E-state index is 11.2. The van der Waals surface area contributed by atoms with E-state index in [1.54, 1.807) is 24.5 Å². The van der Waals surface area contributed by atoms with Crippen molar-refractivity contribution < 1.29 is 9.90 Å². The predicted molar refractivity (Wildman–Crippen MR) is 52.0 cm³/mol. The fraction of sp³-hybridized carbons (Fsp3) is 0.455. The van der Waals surface area contributed by atoms with Crippen LogP contribution in [0.15, 0.2) is 24.5 Å². The van der Waals surface area contributed by atoms with Gasteiger partial charge in [-0.05, 0) is 36.0 Å². The lowest BCUT2D eigenvalue weighted by Gasteiger charge is -2.18. The van der Waals surface area contributed by atoms with Crippen LogP contribution in [0.4, 0.5) is 0 Å². The standard InChI is InChI=1S/C11H13NO2/c1-11(4-5-11)9(10(13)14)8-2-6-12-7-3-8/h2-3,6-7,9H,4-5H2,1H3,(H,13,14). The Kier molecular flexibility index (Phi) is 2.02. The van der Waals surface area contributed by atoms with Crippen LogP contribution in [0, 0.1) is 5.41 Å². The molecule has 1 unspecified atom stereocenters. The summed E-state index contributed by atoms with van der Waals surface area (Å²) >= 11 is 0. The van der Waals surface area contributed by atoms with Crippen LogP contribution >= 0.6 is 0 Å². The minimum Gasteiger partial charge on any atom is -0.481 e. The van der Waals surface area contributed by atoms with E-state index in [0.717, 1.165) is 18.4 Å². The van der Waals surface area contributed by atoms with E-state index >= 15 is 0 Å². The molecule has 1 N–H and O–H groups in total. The third-order valence-electron chi connectivity index (χ3n) is 3.02. The number of hydrogen-bond acceptors (Lipinski definition) is 2. The first-order valence-electron chi connectivity index (χ1n) is 4.76. The van der Waals surface area contributed by atoms with E-state index in [1.807, 2.05) is 6.92 Å². The van der Waals surface area contributed by atoms with Crippen molar-refractivity contribution in [2.24, 2.45) is 5.41 Å². The molecule has 0 bridgehead atoms. The molecule has 1 heterocycles. The molecule has 0 aromatic carbocycles. The van der Waals surface area contributed by atoms with E-state index in [0.29, 0.717) is 0 Å². The Hall–Kier alpha value is -1.38. The lowest BCUT2D eigenvalue weighted by molar-refractivity contribution is -0.140. The molecule has 0 spiro atoms. The lowest BCUT2D eigenvalue weighted by atomic mass is 9.85. The van der Waals surface area contributed by atoms with Crippen molar-refractivity contribution in [1.29, 1.82) is 0 Å². The molecule has 1 aliphatic carbocycles. The average Bonchev–Trinajstić information content (AvgIpc) is 2.85. The van der Waals surface area contributed by atoms with Crippen molar-refractivity contribution in [3.05, 3.63) is 30.1 Å². The van der Waals surface area contributed by atoms with Crippen LogP contribution in [0.3, 0.4) is 0 Å². The van der Waals surface area contributed by atoms with Crippen molar-refractivity contribution in [2.45, 2.75) is 25.7 Å². The zero-order valence-electron chi connectivity index (χ0n) is 8.10. The van der Waals surface area contributed by atoms with Gasteiger partial charge in [-0.2, -0.15) is 0 Å². The van der Waals surface area contributed by atoms with E-state index in [-0.39, 0.29) is 11.3 Å². The average molecular weight is 191 g/mol. The maximum Gasteiger partial charge on any atom is 0.311 e. The molecule has 0 radical (unpaired) electrons. The van der Waals surface area contributed by atoms with Gasteiger partial charge < -0.3 is 5.11 Å². The summed E-state index contributed by atoms with van der Waals surface area (Å²) in [5.41, 5.74) is 0.834. The van der Waals surface area contributed by atoms with Gasteiger partial charge in [0.05, 0.1) is 5.92 Å². The van der Waals surface area contributed by atoms with Gasteiger partial charge in [-0.25, -0.2) is 0 Å². The monoisotopic (exact) mass is 191 g/mol. The van der Waals surface area contributed by atoms with Crippen LogP contribution in [-0.4, -0.2) is 16.1 Å². The van der Waals surface area contributed by atoms with E-state index in [4.69, 9.17) is 0 Å². The molecule has 1 fully saturated rings. The number of rotatable bonds is 3. The molecule has 1 saturated carbocycles. The first-order chi connectivity index (χ1) is 6.63. The van der Waals surface area contributed by atoms with Crippen LogP contribution in [0.1, 0.15) is 31.2 Å². The second kappa shape index (κ2) is 3.08. The summed E-state index contributed by atoms with van der Waals surface area (Å²) in [6.45, 7) is 2.03. The van der Waals surface area contributed by atoms with Crippen LogP contribution in [0.5, 0.6) is 0 Å². The van der Waals surface area contributed by atoms with Gasteiger partial charge >= 0.3 is 5.97 Å². The lowest BCUT2D eigenvalue weighted by Crippen LogP contribution is -2.20. The Morgan fingerprint density at radius 1 is 1.50 bits per heavy atom. The summed E-state index contributed by atoms with van der Waals surface area (Å²) in [4.78, 5) is 15.1. The minimum atomic E-state index is -0.726. The third-order valence-corrected chi connectivity index (χ3v) is 3.02. The zero-order chi connectivity index (χ0) is 10.2. The largest absolute Gasteiger partial charge is 0.481 e. The highest BCUT2D eigenvalue weighted by molar-refractivity contribution is 5.77. The second-order valence-electron chi connectivity index (χ2n) is 4.21. The number of nitrogens with zero attached hydrogens (tertiary/aromatic N) is 1. The number of aromatic nitrogens is 1. The molecule has 74 valence electrons. The summed E-state index contributed by atoms with van der Waals surface area (Å²) in [7, 11) is 0. The number of hydrogen-bond donors (Lipinski definition) is 1.